The molecule has 2 atom stereocenters. The number of nitrogens with zero attached hydrogens (tertiary/aromatic N) is 1. The van der Waals surface area contributed by atoms with Gasteiger partial charge in [0.25, 0.3) is 0 Å². The van der Waals surface area contributed by atoms with Gasteiger partial charge >= 0.3 is 0 Å². The van der Waals surface area contributed by atoms with E-state index in [1.54, 1.807) is 7.05 Å². The van der Waals surface area contributed by atoms with E-state index in [-0.39, 0.29) is 0 Å². The van der Waals surface area contributed by atoms with Crippen LogP contribution in [0.4, 0.5) is 0 Å². The van der Waals surface area contributed by atoms with Crippen LogP contribution in [0.15, 0.2) is 72.8 Å². The van der Waals surface area contributed by atoms with Crippen molar-refractivity contribution in [2.75, 3.05) is 7.05 Å². The second-order valence-electron chi connectivity index (χ2n) is 9.98. The van der Waals surface area contributed by atoms with Crippen molar-refractivity contribution in [3.05, 3.63) is 95.1 Å². The van der Waals surface area contributed by atoms with E-state index in [2.05, 4.69) is 57.1 Å². The van der Waals surface area contributed by atoms with Crippen LogP contribution in [-0.2, 0) is 11.2 Å². The van der Waals surface area contributed by atoms with E-state index in [1.807, 2.05) is 57.2 Å². The van der Waals surface area contributed by atoms with E-state index in [9.17, 15) is 0 Å². The maximum atomic E-state index is 8.81. The largest absolute Gasteiger partial charge is 0.304 e. The van der Waals surface area contributed by atoms with Crippen molar-refractivity contribution in [3.63, 3.8) is 0 Å². The van der Waals surface area contributed by atoms with E-state index >= 15 is 0 Å². The molecule has 39 heavy (non-hydrogen) atoms. The fraction of sp³-hybridized carbons (Fsp3) is 0.444. The standard InChI is InChI=1S/C16H20ClN.C9H10.C9H18.C2H4O/c1-6-8-16(18-5)14-9-12(7-2)13(11(3)4)10-15(14)17;1-8(2)9-6-4-3-5-7-9;1-3-8-5-6-9(4-2)7-8;1-2-3/h6,8-10H,3,7H2,1-2,4-5H3;3-7H,1H2,2H3;8-9H,3-7H2,1-2H3;2H,1H3/b8-6-,18-16?;;;. The van der Waals surface area contributed by atoms with Crippen LogP contribution in [0.1, 0.15) is 103 Å². The molecular formula is C36H52ClNO. The maximum absolute atomic E-state index is 8.81. The molecule has 2 unspecified atom stereocenters. The van der Waals surface area contributed by atoms with Crippen LogP contribution in [-0.4, -0.2) is 19.0 Å². The first-order valence-electron chi connectivity index (χ1n) is 14.3. The van der Waals surface area contributed by atoms with Crippen molar-refractivity contribution < 1.29 is 4.79 Å². The van der Waals surface area contributed by atoms with Crippen LogP contribution >= 0.6 is 11.6 Å². The molecule has 0 aromatic heterocycles. The van der Waals surface area contributed by atoms with Crippen LogP contribution < -0.4 is 0 Å². The van der Waals surface area contributed by atoms with Crippen molar-refractivity contribution in [1.29, 1.82) is 0 Å². The highest BCUT2D eigenvalue weighted by molar-refractivity contribution is 6.35. The van der Waals surface area contributed by atoms with Gasteiger partial charge in [0.15, 0.2) is 0 Å². The van der Waals surface area contributed by atoms with Crippen LogP contribution in [0.5, 0.6) is 0 Å². The molecule has 1 aliphatic carbocycles. The molecule has 1 fully saturated rings. The van der Waals surface area contributed by atoms with Gasteiger partial charge in [0.1, 0.15) is 6.29 Å². The van der Waals surface area contributed by atoms with Gasteiger partial charge < -0.3 is 4.79 Å². The van der Waals surface area contributed by atoms with Crippen molar-refractivity contribution in [3.8, 4) is 0 Å². The summed E-state index contributed by atoms with van der Waals surface area (Å²) in [7, 11) is 1.78. The zero-order valence-electron chi connectivity index (χ0n) is 25.8. The summed E-state index contributed by atoms with van der Waals surface area (Å²) < 4.78 is 0. The Morgan fingerprint density at radius 2 is 1.49 bits per heavy atom. The number of hydrogen-bond acceptors (Lipinski definition) is 2. The lowest BCUT2D eigenvalue weighted by molar-refractivity contribution is -0.106. The summed E-state index contributed by atoms with van der Waals surface area (Å²) in [6.45, 7) is 22.0. The smallest absolute Gasteiger partial charge is 0.116 e. The molecule has 3 rings (SSSR count). The van der Waals surface area contributed by atoms with Gasteiger partial charge in [0.2, 0.25) is 0 Å². The SMILES string of the molecule is C=C(C)c1cc(Cl)c(C(/C=C\C)=NC)cc1CC.C=C(C)c1ccccc1.CC=O.CCC1CCC(CC)C1. The minimum absolute atomic E-state index is 0.726. The molecule has 1 aliphatic rings. The second-order valence-corrected chi connectivity index (χ2v) is 10.4. The van der Waals surface area contributed by atoms with Gasteiger partial charge in [-0.1, -0.05) is 119 Å². The van der Waals surface area contributed by atoms with Crippen LogP contribution in [0.25, 0.3) is 11.1 Å². The summed E-state index contributed by atoms with van der Waals surface area (Å²) in [6.07, 6.45) is 13.0. The van der Waals surface area contributed by atoms with E-state index in [1.165, 1.54) is 50.2 Å². The van der Waals surface area contributed by atoms with Gasteiger partial charge in [-0.25, -0.2) is 0 Å². The molecule has 214 valence electrons. The molecule has 0 amide bonds. The lowest BCUT2D eigenvalue weighted by atomic mass is 9.95. The number of aldehydes is 1. The number of aliphatic imine (C=N–C) groups is 1. The van der Waals surface area contributed by atoms with Crippen molar-refractivity contribution in [2.24, 2.45) is 16.8 Å². The molecule has 0 heterocycles. The van der Waals surface area contributed by atoms with Crippen molar-refractivity contribution in [1.82, 2.24) is 0 Å². The zero-order valence-corrected chi connectivity index (χ0v) is 26.6. The van der Waals surface area contributed by atoms with E-state index in [0.717, 1.165) is 57.6 Å². The fourth-order valence-corrected chi connectivity index (χ4v) is 4.85. The Kier molecular flexibility index (Phi) is 19.7. The number of aryl methyl sites for hydroxylation is 1. The first-order chi connectivity index (χ1) is 18.6. The third-order valence-corrected chi connectivity index (χ3v) is 7.26. The van der Waals surface area contributed by atoms with E-state index < -0.39 is 0 Å². The van der Waals surface area contributed by atoms with Crippen molar-refractivity contribution in [2.45, 2.75) is 87.0 Å². The van der Waals surface area contributed by atoms with Gasteiger partial charge in [-0.05, 0) is 87.3 Å². The lowest BCUT2D eigenvalue weighted by Crippen LogP contribution is -2.01. The molecule has 2 aromatic carbocycles. The third-order valence-electron chi connectivity index (χ3n) is 6.95. The Morgan fingerprint density at radius 1 is 0.949 bits per heavy atom. The molecule has 0 radical (unpaired) electrons. The molecule has 0 N–H and O–H groups in total. The van der Waals surface area contributed by atoms with Crippen LogP contribution in [0.2, 0.25) is 5.02 Å². The monoisotopic (exact) mass is 549 g/mol. The molecular weight excluding hydrogens is 498 g/mol. The summed E-state index contributed by atoms with van der Waals surface area (Å²) >= 11 is 6.36. The number of carbonyl (C=O) groups excluding carboxylic acids is 1. The van der Waals surface area contributed by atoms with Gasteiger partial charge in [-0.2, -0.15) is 0 Å². The topological polar surface area (TPSA) is 29.4 Å². The quantitative estimate of drug-likeness (QED) is 0.249. The van der Waals surface area contributed by atoms with E-state index in [0.29, 0.717) is 0 Å². The lowest BCUT2D eigenvalue weighted by Gasteiger charge is -2.12. The highest BCUT2D eigenvalue weighted by atomic mass is 35.5. The predicted octanol–water partition coefficient (Wildman–Crippen LogP) is 11.1. The normalized spacial score (nSPS) is 16.2. The average molecular weight is 550 g/mol. The highest BCUT2D eigenvalue weighted by Crippen LogP contribution is 2.34. The van der Waals surface area contributed by atoms with Gasteiger partial charge in [0.05, 0.1) is 10.7 Å². The molecule has 0 spiro atoms. The zero-order chi connectivity index (χ0) is 29.8. The van der Waals surface area contributed by atoms with Crippen LogP contribution in [0, 0.1) is 11.8 Å². The first-order valence-corrected chi connectivity index (χ1v) is 14.7. The number of rotatable bonds is 7. The molecule has 2 aromatic rings. The molecule has 3 heteroatoms. The Morgan fingerprint density at radius 3 is 1.82 bits per heavy atom. The number of benzene rings is 2. The Bertz CT molecular complexity index is 1050. The van der Waals surface area contributed by atoms with Crippen LogP contribution in [0.3, 0.4) is 0 Å². The third kappa shape index (κ3) is 13.8. The number of carbonyl (C=O) groups is 1. The van der Waals surface area contributed by atoms with Gasteiger partial charge in [-0.3, -0.25) is 4.99 Å². The minimum Gasteiger partial charge on any atom is -0.304 e. The summed E-state index contributed by atoms with van der Waals surface area (Å²) in [4.78, 5) is 13.1. The Hall–Kier alpha value is -2.71. The van der Waals surface area contributed by atoms with Gasteiger partial charge in [-0.15, -0.1) is 0 Å². The summed E-state index contributed by atoms with van der Waals surface area (Å²) in [6, 6.07) is 14.3. The minimum atomic E-state index is 0.726. The number of hydrogen-bond donors (Lipinski definition) is 0. The molecule has 0 aliphatic heterocycles. The number of halogens is 1. The molecule has 1 saturated carbocycles. The maximum Gasteiger partial charge on any atom is 0.116 e. The fourth-order valence-electron chi connectivity index (χ4n) is 4.59. The van der Waals surface area contributed by atoms with Gasteiger partial charge in [0, 0.05) is 12.6 Å². The molecule has 0 saturated heterocycles. The highest BCUT2D eigenvalue weighted by Gasteiger charge is 2.21. The Balaban J connectivity index is 0.000000575. The Labute approximate surface area is 245 Å². The summed E-state index contributed by atoms with van der Waals surface area (Å²) in [5, 5.41) is 0.726. The predicted molar refractivity (Wildman–Crippen MR) is 177 cm³/mol. The number of allylic oxidation sites excluding steroid dienone is 4. The van der Waals surface area contributed by atoms with Crippen molar-refractivity contribution >= 4 is 34.7 Å². The second kappa shape index (κ2) is 21.2. The summed E-state index contributed by atoms with van der Waals surface area (Å²) in [5.74, 6) is 2.16. The first kappa shape index (κ1) is 36.3. The molecule has 2 nitrogen and oxygen atoms in total. The summed E-state index contributed by atoms with van der Waals surface area (Å²) in [5.41, 5.74) is 7.67. The molecule has 0 bridgehead atoms. The van der Waals surface area contributed by atoms with E-state index in [4.69, 9.17) is 16.4 Å². The average Bonchev–Trinajstić information content (AvgIpc) is 3.42.